The Hall–Kier alpha value is -1.84. The van der Waals surface area contributed by atoms with Crippen molar-refractivity contribution in [1.82, 2.24) is 0 Å². The molecular weight excluding hydrogens is 328 g/mol. The first-order valence-corrected chi connectivity index (χ1v) is 10.1. The number of hydrogen-bond acceptors (Lipinski definition) is 4. The van der Waals surface area contributed by atoms with E-state index in [1.165, 1.54) is 32.1 Å². The third-order valence-electron chi connectivity index (χ3n) is 4.32. The summed E-state index contributed by atoms with van der Waals surface area (Å²) in [5.74, 6) is -0.678. The zero-order valence-electron chi connectivity index (χ0n) is 16.4. The second kappa shape index (κ2) is 14.3. The maximum Gasteiger partial charge on any atom is 0.338 e. The number of esters is 2. The summed E-state index contributed by atoms with van der Waals surface area (Å²) in [4.78, 5) is 23.9. The number of benzene rings is 1. The molecule has 0 bridgehead atoms. The van der Waals surface area contributed by atoms with Crippen molar-refractivity contribution in [3.05, 3.63) is 35.4 Å². The van der Waals surface area contributed by atoms with Gasteiger partial charge in [0.2, 0.25) is 0 Å². The summed E-state index contributed by atoms with van der Waals surface area (Å²) < 4.78 is 10.5. The summed E-state index contributed by atoms with van der Waals surface area (Å²) in [5, 5.41) is 0. The fourth-order valence-electron chi connectivity index (χ4n) is 2.65. The van der Waals surface area contributed by atoms with Crippen molar-refractivity contribution >= 4 is 11.9 Å². The van der Waals surface area contributed by atoms with Crippen LogP contribution in [0.2, 0.25) is 0 Å². The van der Waals surface area contributed by atoms with Crippen LogP contribution >= 0.6 is 0 Å². The number of rotatable bonds is 14. The predicted molar refractivity (Wildman–Crippen MR) is 105 cm³/mol. The maximum absolute atomic E-state index is 12.0. The fraction of sp³-hybridized carbons (Fsp3) is 0.636. The Bertz CT molecular complexity index is 507. The Labute approximate surface area is 158 Å². The molecule has 0 atom stereocenters. The second-order valence-corrected chi connectivity index (χ2v) is 6.68. The minimum Gasteiger partial charge on any atom is -0.462 e. The van der Waals surface area contributed by atoms with E-state index in [0.717, 1.165) is 32.1 Å². The van der Waals surface area contributed by atoms with Crippen LogP contribution in [0.5, 0.6) is 0 Å². The average molecular weight is 363 g/mol. The van der Waals surface area contributed by atoms with Gasteiger partial charge < -0.3 is 9.47 Å². The van der Waals surface area contributed by atoms with Crippen LogP contribution in [0.3, 0.4) is 0 Å². The number of carbonyl (C=O) groups excluding carboxylic acids is 2. The average Bonchev–Trinajstić information content (AvgIpc) is 2.67. The highest BCUT2D eigenvalue weighted by Crippen LogP contribution is 2.10. The van der Waals surface area contributed by atoms with Gasteiger partial charge in [-0.05, 0) is 37.1 Å². The van der Waals surface area contributed by atoms with Crippen molar-refractivity contribution in [2.75, 3.05) is 13.2 Å². The number of hydrogen-bond donors (Lipinski definition) is 0. The molecule has 4 heteroatoms. The highest BCUT2D eigenvalue weighted by molar-refractivity contribution is 5.93. The van der Waals surface area contributed by atoms with E-state index in [-0.39, 0.29) is 11.9 Å². The lowest BCUT2D eigenvalue weighted by Crippen LogP contribution is -2.09. The maximum atomic E-state index is 12.0. The monoisotopic (exact) mass is 362 g/mol. The summed E-state index contributed by atoms with van der Waals surface area (Å²) in [5.41, 5.74) is 0.931. The lowest BCUT2D eigenvalue weighted by atomic mass is 10.1. The Kier molecular flexibility index (Phi) is 12.2. The Morgan fingerprint density at radius 1 is 0.615 bits per heavy atom. The summed E-state index contributed by atoms with van der Waals surface area (Å²) in [6.07, 6.45) is 11.3. The summed E-state index contributed by atoms with van der Waals surface area (Å²) in [6.45, 7) is 5.21. The van der Waals surface area contributed by atoms with Gasteiger partial charge in [-0.15, -0.1) is 0 Å². The third kappa shape index (κ3) is 9.59. The van der Waals surface area contributed by atoms with Crippen molar-refractivity contribution < 1.29 is 19.1 Å². The predicted octanol–water partition coefficient (Wildman–Crippen LogP) is 5.94. The van der Waals surface area contributed by atoms with E-state index in [2.05, 4.69) is 13.8 Å². The van der Waals surface area contributed by atoms with Gasteiger partial charge in [-0.3, -0.25) is 0 Å². The van der Waals surface area contributed by atoms with Crippen LogP contribution in [0.4, 0.5) is 0 Å². The molecule has 1 aromatic rings. The molecule has 0 aliphatic carbocycles. The molecule has 0 aliphatic heterocycles. The second-order valence-electron chi connectivity index (χ2n) is 6.68. The van der Waals surface area contributed by atoms with Gasteiger partial charge in [-0.1, -0.05) is 65.2 Å². The van der Waals surface area contributed by atoms with Gasteiger partial charge in [0.25, 0.3) is 0 Å². The molecule has 0 aliphatic rings. The highest BCUT2D eigenvalue weighted by atomic mass is 16.5. The van der Waals surface area contributed by atoms with Gasteiger partial charge in [0.1, 0.15) is 0 Å². The molecule has 1 rings (SSSR count). The lowest BCUT2D eigenvalue weighted by molar-refractivity contribution is 0.0483. The first-order chi connectivity index (χ1) is 12.7. The summed E-state index contributed by atoms with van der Waals surface area (Å²) >= 11 is 0. The molecule has 0 fully saturated rings. The van der Waals surface area contributed by atoms with E-state index < -0.39 is 0 Å². The molecule has 0 aromatic heterocycles. The molecule has 0 N–H and O–H groups in total. The van der Waals surface area contributed by atoms with E-state index in [9.17, 15) is 9.59 Å². The standard InChI is InChI=1S/C22H34O4/c1-3-5-7-8-9-10-12-18-26-22(24)20-15-13-19(14-16-20)21(23)25-17-11-6-4-2/h13-16H,3-12,17-18H2,1-2H3. The van der Waals surface area contributed by atoms with Gasteiger partial charge in [-0.25, -0.2) is 9.59 Å². The van der Waals surface area contributed by atoms with E-state index in [1.54, 1.807) is 24.3 Å². The molecule has 0 spiro atoms. The molecule has 1 aromatic carbocycles. The van der Waals surface area contributed by atoms with Gasteiger partial charge in [0.15, 0.2) is 0 Å². The number of ether oxygens (including phenoxy) is 2. The van der Waals surface area contributed by atoms with Gasteiger partial charge in [0.05, 0.1) is 24.3 Å². The first kappa shape index (κ1) is 22.2. The van der Waals surface area contributed by atoms with Gasteiger partial charge in [-0.2, -0.15) is 0 Å². The van der Waals surface area contributed by atoms with Crippen LogP contribution in [-0.2, 0) is 9.47 Å². The topological polar surface area (TPSA) is 52.6 Å². The molecule has 0 saturated heterocycles. The van der Waals surface area contributed by atoms with Crippen molar-refractivity contribution in [1.29, 1.82) is 0 Å². The van der Waals surface area contributed by atoms with Crippen LogP contribution in [0, 0.1) is 0 Å². The first-order valence-electron chi connectivity index (χ1n) is 10.1. The van der Waals surface area contributed by atoms with E-state index in [1.807, 2.05) is 0 Å². The third-order valence-corrected chi connectivity index (χ3v) is 4.32. The molecule has 146 valence electrons. The summed E-state index contributed by atoms with van der Waals surface area (Å²) in [6, 6.07) is 6.48. The van der Waals surface area contributed by atoms with Crippen LogP contribution in [-0.4, -0.2) is 25.2 Å². The molecule has 0 heterocycles. The van der Waals surface area contributed by atoms with E-state index >= 15 is 0 Å². The number of carbonyl (C=O) groups is 2. The molecule has 4 nitrogen and oxygen atoms in total. The Morgan fingerprint density at radius 2 is 0.962 bits per heavy atom. The molecule has 26 heavy (non-hydrogen) atoms. The Morgan fingerprint density at radius 3 is 1.42 bits per heavy atom. The molecule has 0 unspecified atom stereocenters. The van der Waals surface area contributed by atoms with Crippen molar-refractivity contribution in [2.24, 2.45) is 0 Å². The SMILES string of the molecule is CCCCCCCCCOC(=O)c1ccc(C(=O)OCCCCC)cc1. The van der Waals surface area contributed by atoms with Crippen LogP contribution in [0.1, 0.15) is 98.8 Å². The van der Waals surface area contributed by atoms with E-state index in [4.69, 9.17) is 9.47 Å². The van der Waals surface area contributed by atoms with Crippen molar-refractivity contribution in [3.8, 4) is 0 Å². The molecule has 0 saturated carbocycles. The zero-order chi connectivity index (χ0) is 19.0. The van der Waals surface area contributed by atoms with E-state index in [0.29, 0.717) is 24.3 Å². The van der Waals surface area contributed by atoms with Gasteiger partial charge >= 0.3 is 11.9 Å². The Balaban J connectivity index is 2.23. The molecule has 0 amide bonds. The molecule has 0 radical (unpaired) electrons. The quantitative estimate of drug-likeness (QED) is 0.303. The van der Waals surface area contributed by atoms with Crippen molar-refractivity contribution in [3.63, 3.8) is 0 Å². The lowest BCUT2D eigenvalue weighted by Gasteiger charge is -2.07. The zero-order valence-corrected chi connectivity index (χ0v) is 16.4. The van der Waals surface area contributed by atoms with Crippen LogP contribution in [0.15, 0.2) is 24.3 Å². The smallest absolute Gasteiger partial charge is 0.338 e. The molecular formula is C22H34O4. The van der Waals surface area contributed by atoms with Crippen LogP contribution in [0.25, 0.3) is 0 Å². The largest absolute Gasteiger partial charge is 0.462 e. The minimum atomic E-state index is -0.343. The fourth-order valence-corrected chi connectivity index (χ4v) is 2.65. The normalized spacial score (nSPS) is 10.5. The minimum absolute atomic E-state index is 0.334. The highest BCUT2D eigenvalue weighted by Gasteiger charge is 2.10. The number of unbranched alkanes of at least 4 members (excludes halogenated alkanes) is 8. The van der Waals surface area contributed by atoms with Gasteiger partial charge in [0, 0.05) is 0 Å². The van der Waals surface area contributed by atoms with Crippen molar-refractivity contribution in [2.45, 2.75) is 78.1 Å². The summed E-state index contributed by atoms with van der Waals surface area (Å²) in [7, 11) is 0. The van der Waals surface area contributed by atoms with Crippen LogP contribution < -0.4 is 0 Å².